The molecule has 0 atom stereocenters. The highest BCUT2D eigenvalue weighted by atomic mass is 32.1. The maximum absolute atomic E-state index is 4.74. The van der Waals surface area contributed by atoms with Gasteiger partial charge < -0.3 is 15.5 Å². The fourth-order valence-corrected chi connectivity index (χ4v) is 4.38. The van der Waals surface area contributed by atoms with E-state index >= 15 is 0 Å². The Morgan fingerprint density at radius 3 is 2.37 bits per heavy atom. The summed E-state index contributed by atoms with van der Waals surface area (Å²) >= 11 is 1.76. The monoisotopic (exact) mass is 428 g/mol. The number of rotatable bonds is 9. The van der Waals surface area contributed by atoms with Crippen LogP contribution in [0.15, 0.2) is 35.5 Å². The number of thiazole rings is 1. The highest BCUT2D eigenvalue weighted by Crippen LogP contribution is 2.12. The van der Waals surface area contributed by atoms with Gasteiger partial charge in [-0.3, -0.25) is 4.90 Å². The standard InChI is InChI=1S/C23H36N6S/c1-4-24-23(25-11-10-22-26-16-19(3)30-22)27-17-20-6-8-21(9-7-20)18-29-14-12-28(5-2)13-15-29/h6-9,16H,4-5,10-15,17-18H2,1-3H3,(H2,24,25,27). The Morgan fingerprint density at radius 1 is 1.03 bits per heavy atom. The molecule has 0 spiro atoms. The molecule has 0 amide bonds. The summed E-state index contributed by atoms with van der Waals surface area (Å²) in [6.45, 7) is 15.7. The molecule has 1 saturated heterocycles. The first-order valence-electron chi connectivity index (χ1n) is 11.1. The van der Waals surface area contributed by atoms with Crippen molar-refractivity contribution >= 4 is 17.3 Å². The largest absolute Gasteiger partial charge is 0.357 e. The van der Waals surface area contributed by atoms with Crippen molar-refractivity contribution in [2.24, 2.45) is 4.99 Å². The van der Waals surface area contributed by atoms with Crippen LogP contribution in [-0.2, 0) is 19.5 Å². The van der Waals surface area contributed by atoms with Crippen LogP contribution in [0.1, 0.15) is 34.9 Å². The first-order chi connectivity index (χ1) is 14.7. The van der Waals surface area contributed by atoms with E-state index in [9.17, 15) is 0 Å². The third kappa shape index (κ3) is 7.38. The number of benzene rings is 1. The zero-order valence-electron chi connectivity index (χ0n) is 18.7. The van der Waals surface area contributed by atoms with Gasteiger partial charge in [0.25, 0.3) is 0 Å². The van der Waals surface area contributed by atoms with Crippen molar-refractivity contribution in [2.75, 3.05) is 45.8 Å². The number of hydrogen-bond donors (Lipinski definition) is 2. The lowest BCUT2D eigenvalue weighted by Crippen LogP contribution is -2.45. The molecule has 1 aromatic heterocycles. The Balaban J connectivity index is 1.45. The number of nitrogens with one attached hydrogen (secondary N) is 2. The summed E-state index contributed by atoms with van der Waals surface area (Å²) in [5.74, 6) is 0.864. The molecular formula is C23H36N6S. The van der Waals surface area contributed by atoms with Crippen LogP contribution in [0.25, 0.3) is 0 Å². The number of aryl methyl sites for hydroxylation is 1. The van der Waals surface area contributed by atoms with E-state index in [1.165, 1.54) is 34.1 Å². The van der Waals surface area contributed by atoms with Crippen molar-refractivity contribution < 1.29 is 0 Å². The Hall–Kier alpha value is -1.96. The summed E-state index contributed by atoms with van der Waals surface area (Å²) < 4.78 is 0. The Labute approximate surface area is 185 Å². The van der Waals surface area contributed by atoms with Gasteiger partial charge in [0.1, 0.15) is 0 Å². The van der Waals surface area contributed by atoms with Crippen LogP contribution >= 0.6 is 11.3 Å². The Kier molecular flexibility index (Phi) is 9.11. The molecule has 30 heavy (non-hydrogen) atoms. The summed E-state index contributed by atoms with van der Waals surface area (Å²) in [5.41, 5.74) is 2.62. The fourth-order valence-electron chi connectivity index (χ4n) is 3.59. The van der Waals surface area contributed by atoms with Crippen molar-refractivity contribution in [2.45, 2.75) is 40.3 Å². The van der Waals surface area contributed by atoms with E-state index in [1.807, 2.05) is 6.20 Å². The van der Waals surface area contributed by atoms with E-state index in [0.717, 1.165) is 51.6 Å². The molecule has 2 aromatic rings. The summed E-state index contributed by atoms with van der Waals surface area (Å²) in [6.07, 6.45) is 2.86. The third-order valence-corrected chi connectivity index (χ3v) is 6.38. The van der Waals surface area contributed by atoms with Crippen molar-refractivity contribution in [3.05, 3.63) is 51.5 Å². The lowest BCUT2D eigenvalue weighted by Gasteiger charge is -2.34. The molecule has 1 aliphatic rings. The van der Waals surface area contributed by atoms with Gasteiger partial charge >= 0.3 is 0 Å². The normalized spacial score (nSPS) is 16.0. The molecule has 0 aliphatic carbocycles. The zero-order chi connectivity index (χ0) is 21.2. The van der Waals surface area contributed by atoms with Gasteiger partial charge in [0.05, 0.1) is 11.6 Å². The number of piperazine rings is 1. The molecule has 7 heteroatoms. The van der Waals surface area contributed by atoms with Gasteiger partial charge in [-0.15, -0.1) is 11.3 Å². The van der Waals surface area contributed by atoms with E-state index < -0.39 is 0 Å². The minimum Gasteiger partial charge on any atom is -0.357 e. The second-order valence-corrected chi connectivity index (χ2v) is 9.08. The number of guanidine groups is 1. The predicted molar refractivity (Wildman–Crippen MR) is 127 cm³/mol. The van der Waals surface area contributed by atoms with Crippen LogP contribution in [0, 0.1) is 6.92 Å². The number of aromatic nitrogens is 1. The highest BCUT2D eigenvalue weighted by Gasteiger charge is 2.15. The van der Waals surface area contributed by atoms with E-state index in [0.29, 0.717) is 6.54 Å². The first kappa shape index (κ1) is 22.7. The van der Waals surface area contributed by atoms with Crippen LogP contribution in [0.5, 0.6) is 0 Å². The zero-order valence-corrected chi connectivity index (χ0v) is 19.5. The lowest BCUT2D eigenvalue weighted by atomic mass is 10.1. The highest BCUT2D eigenvalue weighted by molar-refractivity contribution is 7.11. The molecule has 0 radical (unpaired) electrons. The van der Waals surface area contributed by atoms with Gasteiger partial charge in [-0.25, -0.2) is 9.98 Å². The SMILES string of the molecule is CCNC(=NCc1ccc(CN2CCN(CC)CC2)cc1)NCCc1ncc(C)s1. The predicted octanol–water partition coefficient (Wildman–Crippen LogP) is 2.89. The van der Waals surface area contributed by atoms with Crippen LogP contribution in [0.4, 0.5) is 0 Å². The van der Waals surface area contributed by atoms with Gasteiger partial charge in [-0.2, -0.15) is 0 Å². The molecule has 1 aromatic carbocycles. The van der Waals surface area contributed by atoms with Crippen LogP contribution < -0.4 is 10.6 Å². The number of aliphatic imine (C=N–C) groups is 1. The van der Waals surface area contributed by atoms with Gasteiger partial charge in [0, 0.05) is 63.3 Å². The van der Waals surface area contributed by atoms with Crippen molar-refractivity contribution in [3.8, 4) is 0 Å². The van der Waals surface area contributed by atoms with Gasteiger partial charge in [-0.05, 0) is 31.5 Å². The fraction of sp³-hybridized carbons (Fsp3) is 0.565. The summed E-state index contributed by atoms with van der Waals surface area (Å²) in [6, 6.07) is 8.93. The molecular weight excluding hydrogens is 392 g/mol. The average molecular weight is 429 g/mol. The van der Waals surface area contributed by atoms with Crippen molar-refractivity contribution in [3.63, 3.8) is 0 Å². The molecule has 2 N–H and O–H groups in total. The summed E-state index contributed by atoms with van der Waals surface area (Å²) in [7, 11) is 0. The molecule has 0 bridgehead atoms. The second-order valence-electron chi connectivity index (χ2n) is 7.76. The lowest BCUT2D eigenvalue weighted by molar-refractivity contribution is 0.132. The van der Waals surface area contributed by atoms with Gasteiger partial charge in [0.15, 0.2) is 5.96 Å². The Bertz CT molecular complexity index is 777. The average Bonchev–Trinajstić information content (AvgIpc) is 3.18. The van der Waals surface area contributed by atoms with E-state index in [2.05, 4.69) is 70.5 Å². The molecule has 1 aliphatic heterocycles. The summed E-state index contributed by atoms with van der Waals surface area (Å²) in [5, 5.41) is 7.92. The molecule has 1 fully saturated rings. The van der Waals surface area contributed by atoms with E-state index in [-0.39, 0.29) is 0 Å². The maximum atomic E-state index is 4.74. The van der Waals surface area contributed by atoms with Crippen molar-refractivity contribution in [1.82, 2.24) is 25.4 Å². The minimum atomic E-state index is 0.682. The smallest absolute Gasteiger partial charge is 0.191 e. The van der Waals surface area contributed by atoms with Crippen LogP contribution in [0.2, 0.25) is 0 Å². The molecule has 2 heterocycles. The van der Waals surface area contributed by atoms with Gasteiger partial charge in [-0.1, -0.05) is 31.2 Å². The maximum Gasteiger partial charge on any atom is 0.191 e. The van der Waals surface area contributed by atoms with Gasteiger partial charge in [0.2, 0.25) is 0 Å². The quantitative estimate of drug-likeness (QED) is 0.475. The molecule has 3 rings (SSSR count). The third-order valence-electron chi connectivity index (χ3n) is 5.41. The number of hydrogen-bond acceptors (Lipinski definition) is 5. The van der Waals surface area contributed by atoms with Crippen molar-refractivity contribution in [1.29, 1.82) is 0 Å². The van der Waals surface area contributed by atoms with Crippen LogP contribution in [-0.4, -0.2) is 66.6 Å². The molecule has 0 unspecified atom stereocenters. The van der Waals surface area contributed by atoms with E-state index in [4.69, 9.17) is 4.99 Å². The van der Waals surface area contributed by atoms with Crippen LogP contribution in [0.3, 0.4) is 0 Å². The Morgan fingerprint density at radius 2 is 1.73 bits per heavy atom. The minimum absolute atomic E-state index is 0.682. The summed E-state index contributed by atoms with van der Waals surface area (Å²) in [4.78, 5) is 15.5. The second kappa shape index (κ2) is 12.0. The topological polar surface area (TPSA) is 55.8 Å². The molecule has 164 valence electrons. The molecule has 0 saturated carbocycles. The molecule has 6 nitrogen and oxygen atoms in total. The number of nitrogens with zero attached hydrogens (tertiary/aromatic N) is 4. The van der Waals surface area contributed by atoms with E-state index in [1.54, 1.807) is 11.3 Å². The first-order valence-corrected chi connectivity index (χ1v) is 11.9. The number of likely N-dealkylation sites (N-methyl/N-ethyl adjacent to an activating group) is 1.